The van der Waals surface area contributed by atoms with Gasteiger partial charge in [0.15, 0.2) is 0 Å². The molecule has 5 unspecified atom stereocenters. The molecule has 5 atom stereocenters. The van der Waals surface area contributed by atoms with Gasteiger partial charge < -0.3 is 4.74 Å². The SMILES string of the molecule is C=C(C)C(=O)OC(C)(C)C12CC3CC4(CC4C1)C3C2. The molecule has 0 aromatic carbocycles. The van der Waals surface area contributed by atoms with Crippen LogP contribution in [0.3, 0.4) is 0 Å². The second kappa shape index (κ2) is 3.10. The number of fused-ring (bicyclic) bond motifs is 1. The summed E-state index contributed by atoms with van der Waals surface area (Å²) in [5, 5.41) is 0. The Balaban J connectivity index is 1.61. The highest BCUT2D eigenvalue weighted by Gasteiger charge is 2.78. The van der Waals surface area contributed by atoms with Gasteiger partial charge in [-0.1, -0.05) is 6.58 Å². The van der Waals surface area contributed by atoms with Crippen LogP contribution in [0.1, 0.15) is 52.9 Å². The van der Waals surface area contributed by atoms with Crippen LogP contribution in [0.4, 0.5) is 0 Å². The van der Waals surface area contributed by atoms with E-state index >= 15 is 0 Å². The molecule has 0 heterocycles. The first kappa shape index (κ1) is 12.0. The van der Waals surface area contributed by atoms with Crippen LogP contribution >= 0.6 is 0 Å². The summed E-state index contributed by atoms with van der Waals surface area (Å²) in [5.41, 5.74) is 1.19. The molecule has 1 spiro atoms. The van der Waals surface area contributed by atoms with Gasteiger partial charge in [-0.25, -0.2) is 4.79 Å². The lowest BCUT2D eigenvalue weighted by Crippen LogP contribution is -2.48. The Labute approximate surface area is 115 Å². The fourth-order valence-corrected chi connectivity index (χ4v) is 5.86. The van der Waals surface area contributed by atoms with E-state index < -0.39 is 0 Å². The van der Waals surface area contributed by atoms with Crippen molar-refractivity contribution in [1.82, 2.24) is 0 Å². The van der Waals surface area contributed by atoms with Crippen molar-refractivity contribution >= 4 is 5.97 Å². The van der Waals surface area contributed by atoms with Gasteiger partial charge in [0, 0.05) is 11.0 Å². The van der Waals surface area contributed by atoms with Crippen molar-refractivity contribution in [2.24, 2.45) is 28.6 Å². The van der Waals surface area contributed by atoms with Crippen LogP contribution in [-0.4, -0.2) is 11.6 Å². The minimum atomic E-state index is -0.338. The summed E-state index contributed by atoms with van der Waals surface area (Å²) in [7, 11) is 0. The Morgan fingerprint density at radius 2 is 1.95 bits per heavy atom. The maximum Gasteiger partial charge on any atom is 0.333 e. The van der Waals surface area contributed by atoms with E-state index in [0.717, 1.165) is 23.2 Å². The van der Waals surface area contributed by atoms with E-state index in [-0.39, 0.29) is 17.0 Å². The van der Waals surface area contributed by atoms with Gasteiger partial charge in [0.05, 0.1) is 0 Å². The third-order valence-corrected chi connectivity index (χ3v) is 7.10. The third kappa shape index (κ3) is 1.26. The zero-order valence-electron chi connectivity index (χ0n) is 12.3. The molecule has 0 radical (unpaired) electrons. The summed E-state index contributed by atoms with van der Waals surface area (Å²) >= 11 is 0. The van der Waals surface area contributed by atoms with Crippen molar-refractivity contribution in [2.45, 2.75) is 58.5 Å². The molecular formula is C17H24O2. The fraction of sp³-hybridized carbons (Fsp3) is 0.824. The van der Waals surface area contributed by atoms with E-state index in [1.165, 1.54) is 32.1 Å². The molecule has 4 aliphatic rings. The molecule has 4 saturated carbocycles. The van der Waals surface area contributed by atoms with Gasteiger partial charge in [0.25, 0.3) is 0 Å². The highest BCUT2D eigenvalue weighted by molar-refractivity contribution is 5.87. The highest BCUT2D eigenvalue weighted by Crippen LogP contribution is 2.85. The molecule has 2 heteroatoms. The molecule has 19 heavy (non-hydrogen) atoms. The van der Waals surface area contributed by atoms with Crippen molar-refractivity contribution < 1.29 is 9.53 Å². The van der Waals surface area contributed by atoms with Gasteiger partial charge in [-0.15, -0.1) is 0 Å². The maximum absolute atomic E-state index is 11.9. The Hall–Kier alpha value is -0.790. The zero-order chi connectivity index (χ0) is 13.6. The van der Waals surface area contributed by atoms with Gasteiger partial charge in [0.2, 0.25) is 0 Å². The molecule has 0 N–H and O–H groups in total. The summed E-state index contributed by atoms with van der Waals surface area (Å²) in [6.07, 6.45) is 6.79. The topological polar surface area (TPSA) is 26.3 Å². The van der Waals surface area contributed by atoms with E-state index in [9.17, 15) is 4.79 Å². The van der Waals surface area contributed by atoms with Crippen molar-refractivity contribution in [2.75, 3.05) is 0 Å². The monoisotopic (exact) mass is 260 g/mol. The first-order valence-corrected chi connectivity index (χ1v) is 7.69. The Morgan fingerprint density at radius 3 is 2.63 bits per heavy atom. The average Bonchev–Trinajstić information content (AvgIpc) is 2.94. The van der Waals surface area contributed by atoms with Crippen molar-refractivity contribution in [3.05, 3.63) is 12.2 Å². The van der Waals surface area contributed by atoms with Gasteiger partial charge in [-0.3, -0.25) is 0 Å². The van der Waals surface area contributed by atoms with Crippen molar-refractivity contribution in [3.63, 3.8) is 0 Å². The Kier molecular flexibility index (Phi) is 1.95. The number of ether oxygens (including phenoxy) is 1. The van der Waals surface area contributed by atoms with Crippen molar-refractivity contribution in [3.8, 4) is 0 Å². The lowest BCUT2D eigenvalue weighted by atomic mass is 9.59. The molecule has 0 aromatic rings. The van der Waals surface area contributed by atoms with Crippen molar-refractivity contribution in [1.29, 1.82) is 0 Å². The quantitative estimate of drug-likeness (QED) is 0.571. The normalized spacial score (nSPS) is 49.1. The Morgan fingerprint density at radius 1 is 1.21 bits per heavy atom. The minimum Gasteiger partial charge on any atom is -0.456 e. The average molecular weight is 260 g/mol. The van der Waals surface area contributed by atoms with E-state index in [1.807, 2.05) is 0 Å². The predicted octanol–water partition coefficient (Wildman–Crippen LogP) is 3.71. The zero-order valence-corrected chi connectivity index (χ0v) is 12.3. The van der Waals surface area contributed by atoms with Crippen LogP contribution in [0.15, 0.2) is 12.2 Å². The highest BCUT2D eigenvalue weighted by atomic mass is 16.6. The van der Waals surface area contributed by atoms with Gasteiger partial charge >= 0.3 is 5.97 Å². The fourth-order valence-electron chi connectivity index (χ4n) is 5.86. The predicted molar refractivity (Wildman–Crippen MR) is 73.4 cm³/mol. The number of carbonyl (C=O) groups excluding carboxylic acids is 1. The smallest absolute Gasteiger partial charge is 0.333 e. The molecule has 4 fully saturated rings. The number of esters is 1. The van der Waals surface area contributed by atoms with E-state index in [4.69, 9.17) is 4.74 Å². The summed E-state index contributed by atoms with van der Waals surface area (Å²) in [4.78, 5) is 11.9. The van der Waals surface area contributed by atoms with E-state index in [2.05, 4.69) is 20.4 Å². The lowest BCUT2D eigenvalue weighted by molar-refractivity contribution is -0.169. The second-order valence-electron chi connectivity index (χ2n) is 8.28. The summed E-state index contributed by atoms with van der Waals surface area (Å²) in [6, 6.07) is 0. The summed E-state index contributed by atoms with van der Waals surface area (Å²) in [5.74, 6) is 2.60. The number of hydrogen-bond donors (Lipinski definition) is 0. The molecular weight excluding hydrogens is 236 g/mol. The third-order valence-electron chi connectivity index (χ3n) is 7.10. The standard InChI is InChI=1S/C17H24O2/c1-10(2)14(18)19-15(3,4)16-5-11-6-17(13(11)9-16)8-12(17)7-16/h11-13H,1,5-9H2,2-4H3. The number of rotatable bonds is 3. The van der Waals surface area contributed by atoms with Crippen LogP contribution in [0, 0.1) is 28.6 Å². The maximum atomic E-state index is 11.9. The molecule has 2 nitrogen and oxygen atoms in total. The first-order chi connectivity index (χ1) is 8.80. The first-order valence-electron chi connectivity index (χ1n) is 7.69. The van der Waals surface area contributed by atoms with Crippen LogP contribution in [-0.2, 0) is 9.53 Å². The molecule has 4 aliphatic carbocycles. The van der Waals surface area contributed by atoms with Gasteiger partial charge in [-0.05, 0) is 76.0 Å². The Bertz CT molecular complexity index is 487. The van der Waals surface area contributed by atoms with Gasteiger partial charge in [-0.2, -0.15) is 0 Å². The molecule has 0 aliphatic heterocycles. The number of hydrogen-bond acceptors (Lipinski definition) is 2. The lowest BCUT2D eigenvalue weighted by Gasteiger charge is -2.48. The van der Waals surface area contributed by atoms with Gasteiger partial charge in [0.1, 0.15) is 5.60 Å². The summed E-state index contributed by atoms with van der Waals surface area (Å²) in [6.45, 7) is 9.72. The van der Waals surface area contributed by atoms with Crippen LogP contribution < -0.4 is 0 Å². The van der Waals surface area contributed by atoms with Crippen LogP contribution in [0.5, 0.6) is 0 Å². The minimum absolute atomic E-state index is 0.216. The molecule has 4 rings (SSSR count). The summed E-state index contributed by atoms with van der Waals surface area (Å²) < 4.78 is 5.85. The van der Waals surface area contributed by atoms with Crippen LogP contribution in [0.25, 0.3) is 0 Å². The molecule has 0 amide bonds. The molecule has 2 bridgehead atoms. The molecule has 0 aromatic heterocycles. The largest absolute Gasteiger partial charge is 0.456 e. The molecule has 0 saturated heterocycles. The van der Waals surface area contributed by atoms with Crippen LogP contribution in [0.2, 0.25) is 0 Å². The number of carbonyl (C=O) groups is 1. The molecule has 104 valence electrons. The second-order valence-corrected chi connectivity index (χ2v) is 8.28. The van der Waals surface area contributed by atoms with E-state index in [0.29, 0.717) is 5.57 Å². The van der Waals surface area contributed by atoms with E-state index in [1.54, 1.807) is 6.92 Å².